The molecule has 0 spiro atoms. The van der Waals surface area contributed by atoms with Gasteiger partial charge in [0.2, 0.25) is 0 Å². The molecule has 1 N–H and O–H groups in total. The van der Waals surface area contributed by atoms with Gasteiger partial charge in [-0.2, -0.15) is 0 Å². The van der Waals surface area contributed by atoms with Crippen LogP contribution in [-0.2, 0) is 11.3 Å². The average molecular weight is 406 g/mol. The standard InChI is InChI=1S/C18H20BrN3OS/c19-15-3-5-16(6-4-15)21-18(24)22(13-17-2-1-11-23-17)12-14-7-9-20-10-8-14/h3-10,17H,1-2,11-13H2,(H,21,24). The Morgan fingerprint density at radius 1 is 1.25 bits per heavy atom. The molecule has 0 radical (unpaired) electrons. The smallest absolute Gasteiger partial charge is 0.173 e. The Labute approximate surface area is 156 Å². The van der Waals surface area contributed by atoms with Gasteiger partial charge in [-0.05, 0) is 67.0 Å². The molecule has 0 amide bonds. The van der Waals surface area contributed by atoms with Crippen LogP contribution in [0.25, 0.3) is 0 Å². The summed E-state index contributed by atoms with van der Waals surface area (Å²) in [6, 6.07) is 12.0. The Morgan fingerprint density at radius 3 is 2.67 bits per heavy atom. The minimum Gasteiger partial charge on any atom is -0.376 e. The molecule has 1 saturated heterocycles. The Balaban J connectivity index is 1.69. The molecule has 3 rings (SSSR count). The summed E-state index contributed by atoms with van der Waals surface area (Å²) in [7, 11) is 0. The summed E-state index contributed by atoms with van der Waals surface area (Å²) in [5.74, 6) is 0. The third-order valence-corrected chi connectivity index (χ3v) is 4.84. The molecule has 0 aliphatic carbocycles. The van der Waals surface area contributed by atoms with Crippen molar-refractivity contribution in [1.29, 1.82) is 0 Å². The van der Waals surface area contributed by atoms with Gasteiger partial charge in [0.1, 0.15) is 0 Å². The zero-order chi connectivity index (χ0) is 16.8. The van der Waals surface area contributed by atoms with Crippen LogP contribution >= 0.6 is 28.1 Å². The summed E-state index contributed by atoms with van der Waals surface area (Å²) >= 11 is 9.11. The van der Waals surface area contributed by atoms with E-state index in [9.17, 15) is 0 Å². The highest BCUT2D eigenvalue weighted by Crippen LogP contribution is 2.18. The van der Waals surface area contributed by atoms with E-state index in [1.54, 1.807) is 0 Å². The maximum Gasteiger partial charge on any atom is 0.173 e. The maximum atomic E-state index is 5.79. The molecule has 2 aromatic rings. The van der Waals surface area contributed by atoms with E-state index in [0.717, 1.165) is 42.7 Å². The van der Waals surface area contributed by atoms with Gasteiger partial charge in [0.05, 0.1) is 6.10 Å². The summed E-state index contributed by atoms with van der Waals surface area (Å²) in [5.41, 5.74) is 2.17. The van der Waals surface area contributed by atoms with Gasteiger partial charge >= 0.3 is 0 Å². The molecule has 1 aromatic heterocycles. The first-order valence-electron chi connectivity index (χ1n) is 8.03. The molecule has 1 unspecified atom stereocenters. The number of rotatable bonds is 5. The summed E-state index contributed by atoms with van der Waals surface area (Å²) < 4.78 is 6.84. The number of anilines is 1. The number of nitrogens with zero attached hydrogens (tertiary/aromatic N) is 2. The molecule has 1 aliphatic rings. The van der Waals surface area contributed by atoms with Crippen LogP contribution in [0.1, 0.15) is 18.4 Å². The second-order valence-corrected chi connectivity index (χ2v) is 7.11. The lowest BCUT2D eigenvalue weighted by Crippen LogP contribution is -2.39. The van der Waals surface area contributed by atoms with E-state index >= 15 is 0 Å². The lowest BCUT2D eigenvalue weighted by Gasteiger charge is -2.28. The van der Waals surface area contributed by atoms with Crippen molar-refractivity contribution in [3.63, 3.8) is 0 Å². The summed E-state index contributed by atoms with van der Waals surface area (Å²) in [6.07, 6.45) is 6.08. The molecule has 126 valence electrons. The number of halogens is 1. The number of aromatic nitrogens is 1. The van der Waals surface area contributed by atoms with Gasteiger partial charge in [-0.25, -0.2) is 0 Å². The van der Waals surface area contributed by atoms with Crippen molar-refractivity contribution >= 4 is 38.9 Å². The predicted molar refractivity (Wildman–Crippen MR) is 104 cm³/mol. The molecule has 4 nitrogen and oxygen atoms in total. The summed E-state index contributed by atoms with van der Waals surface area (Å²) in [5, 5.41) is 4.04. The Morgan fingerprint density at radius 2 is 2.00 bits per heavy atom. The Kier molecular flexibility index (Phi) is 6.18. The minimum absolute atomic E-state index is 0.247. The van der Waals surface area contributed by atoms with Crippen LogP contribution in [0.3, 0.4) is 0 Å². The maximum absolute atomic E-state index is 5.79. The van der Waals surface area contributed by atoms with Crippen molar-refractivity contribution in [2.24, 2.45) is 0 Å². The first kappa shape index (κ1) is 17.3. The summed E-state index contributed by atoms with van der Waals surface area (Å²) in [4.78, 5) is 6.25. The van der Waals surface area contributed by atoms with Crippen LogP contribution in [0.4, 0.5) is 5.69 Å². The average Bonchev–Trinajstić information content (AvgIpc) is 3.10. The van der Waals surface area contributed by atoms with Crippen LogP contribution < -0.4 is 5.32 Å². The van der Waals surface area contributed by atoms with Gasteiger partial charge in [-0.1, -0.05) is 15.9 Å². The van der Waals surface area contributed by atoms with Crippen molar-refractivity contribution in [2.75, 3.05) is 18.5 Å². The highest BCUT2D eigenvalue weighted by Gasteiger charge is 2.21. The number of pyridine rings is 1. The molecule has 1 aromatic carbocycles. The normalized spacial score (nSPS) is 16.8. The lowest BCUT2D eigenvalue weighted by molar-refractivity contribution is 0.0905. The Bertz CT molecular complexity index is 660. The minimum atomic E-state index is 0.247. The number of hydrogen-bond acceptors (Lipinski definition) is 3. The molecule has 1 atom stereocenters. The van der Waals surface area contributed by atoms with Crippen molar-refractivity contribution in [3.05, 3.63) is 58.8 Å². The lowest BCUT2D eigenvalue weighted by atomic mass is 10.2. The fourth-order valence-electron chi connectivity index (χ4n) is 2.70. The third kappa shape index (κ3) is 5.00. The topological polar surface area (TPSA) is 37.4 Å². The van der Waals surface area contributed by atoms with E-state index in [0.29, 0.717) is 5.11 Å². The number of thiocarbonyl (C=S) groups is 1. The van der Waals surface area contributed by atoms with Crippen molar-refractivity contribution < 1.29 is 4.74 Å². The molecule has 1 aliphatic heterocycles. The number of hydrogen-bond donors (Lipinski definition) is 1. The van der Waals surface area contributed by atoms with E-state index in [1.807, 2.05) is 48.8 Å². The van der Waals surface area contributed by atoms with E-state index in [-0.39, 0.29) is 6.10 Å². The zero-order valence-electron chi connectivity index (χ0n) is 13.3. The van der Waals surface area contributed by atoms with E-state index in [1.165, 1.54) is 5.56 Å². The SMILES string of the molecule is S=C(Nc1ccc(Br)cc1)N(Cc1ccncc1)CC1CCCO1. The van der Waals surface area contributed by atoms with E-state index in [2.05, 4.69) is 31.1 Å². The molecule has 0 bridgehead atoms. The van der Waals surface area contributed by atoms with Gasteiger partial charge in [0.25, 0.3) is 0 Å². The molecule has 0 saturated carbocycles. The molecular formula is C18H20BrN3OS. The van der Waals surface area contributed by atoms with E-state index < -0.39 is 0 Å². The Hall–Kier alpha value is -1.50. The highest BCUT2D eigenvalue weighted by atomic mass is 79.9. The highest BCUT2D eigenvalue weighted by molar-refractivity contribution is 9.10. The first-order chi connectivity index (χ1) is 11.7. The third-order valence-electron chi connectivity index (χ3n) is 3.95. The fraction of sp³-hybridized carbons (Fsp3) is 0.333. The van der Waals surface area contributed by atoms with E-state index in [4.69, 9.17) is 17.0 Å². The van der Waals surface area contributed by atoms with Crippen LogP contribution in [-0.4, -0.2) is 34.3 Å². The second kappa shape index (κ2) is 8.55. The van der Waals surface area contributed by atoms with Crippen LogP contribution in [0.15, 0.2) is 53.3 Å². The van der Waals surface area contributed by atoms with Crippen LogP contribution in [0.2, 0.25) is 0 Å². The van der Waals surface area contributed by atoms with Gasteiger partial charge in [0.15, 0.2) is 5.11 Å². The molecule has 6 heteroatoms. The fourth-order valence-corrected chi connectivity index (χ4v) is 3.22. The van der Waals surface area contributed by atoms with Gasteiger partial charge in [-0.15, -0.1) is 0 Å². The number of ether oxygens (including phenoxy) is 1. The molecule has 2 heterocycles. The monoisotopic (exact) mass is 405 g/mol. The van der Waals surface area contributed by atoms with Crippen LogP contribution in [0, 0.1) is 0 Å². The quantitative estimate of drug-likeness (QED) is 0.753. The summed E-state index contributed by atoms with van der Waals surface area (Å²) in [6.45, 7) is 2.39. The van der Waals surface area contributed by atoms with Crippen LogP contribution in [0.5, 0.6) is 0 Å². The van der Waals surface area contributed by atoms with Gasteiger partial charge in [0, 0.05) is 42.3 Å². The number of nitrogens with one attached hydrogen (secondary N) is 1. The number of benzene rings is 1. The molecular weight excluding hydrogens is 386 g/mol. The van der Waals surface area contributed by atoms with Gasteiger partial charge in [-0.3, -0.25) is 4.98 Å². The van der Waals surface area contributed by atoms with Crippen molar-refractivity contribution in [1.82, 2.24) is 9.88 Å². The first-order valence-corrected chi connectivity index (χ1v) is 9.23. The van der Waals surface area contributed by atoms with Crippen molar-refractivity contribution in [2.45, 2.75) is 25.5 Å². The van der Waals surface area contributed by atoms with Gasteiger partial charge < -0.3 is 15.0 Å². The van der Waals surface area contributed by atoms with Crippen molar-refractivity contribution in [3.8, 4) is 0 Å². The molecule has 24 heavy (non-hydrogen) atoms. The second-order valence-electron chi connectivity index (χ2n) is 5.81. The zero-order valence-corrected chi connectivity index (χ0v) is 15.7. The molecule has 1 fully saturated rings. The largest absolute Gasteiger partial charge is 0.376 e. The predicted octanol–water partition coefficient (Wildman–Crippen LogP) is 4.22.